The predicted octanol–water partition coefficient (Wildman–Crippen LogP) is 3.19. The SMILES string of the molecule is CCOC(=O)N1CCC(NCc2ccc(F)c(Cl)c2)CC1. The summed E-state index contributed by atoms with van der Waals surface area (Å²) in [4.78, 5) is 13.3. The highest BCUT2D eigenvalue weighted by Crippen LogP contribution is 2.17. The zero-order valence-corrected chi connectivity index (χ0v) is 12.8. The van der Waals surface area contributed by atoms with E-state index in [1.54, 1.807) is 24.0 Å². The highest BCUT2D eigenvalue weighted by Gasteiger charge is 2.23. The highest BCUT2D eigenvalue weighted by molar-refractivity contribution is 6.30. The number of benzene rings is 1. The molecule has 1 aromatic rings. The Morgan fingerprint density at radius 2 is 2.19 bits per heavy atom. The molecule has 4 nitrogen and oxygen atoms in total. The van der Waals surface area contributed by atoms with E-state index in [0.29, 0.717) is 32.3 Å². The molecule has 6 heteroatoms. The number of carbonyl (C=O) groups is 1. The van der Waals surface area contributed by atoms with Crippen molar-refractivity contribution in [3.05, 3.63) is 34.6 Å². The number of amides is 1. The van der Waals surface area contributed by atoms with Gasteiger partial charge >= 0.3 is 6.09 Å². The van der Waals surface area contributed by atoms with Gasteiger partial charge in [-0.15, -0.1) is 0 Å². The molecule has 1 aliphatic rings. The minimum atomic E-state index is -0.400. The van der Waals surface area contributed by atoms with Crippen molar-refractivity contribution in [3.8, 4) is 0 Å². The van der Waals surface area contributed by atoms with Crippen molar-refractivity contribution < 1.29 is 13.9 Å². The topological polar surface area (TPSA) is 41.6 Å². The summed E-state index contributed by atoms with van der Waals surface area (Å²) in [6.45, 7) is 4.24. The molecular weight excluding hydrogens is 295 g/mol. The Hall–Kier alpha value is -1.33. The Morgan fingerprint density at radius 3 is 2.81 bits per heavy atom. The molecule has 1 N–H and O–H groups in total. The lowest BCUT2D eigenvalue weighted by Gasteiger charge is -2.31. The molecule has 1 aliphatic heterocycles. The van der Waals surface area contributed by atoms with E-state index in [2.05, 4.69) is 5.32 Å². The van der Waals surface area contributed by atoms with Crippen molar-refractivity contribution in [2.24, 2.45) is 0 Å². The third kappa shape index (κ3) is 4.58. The molecule has 1 amide bonds. The maximum atomic E-state index is 13.1. The van der Waals surface area contributed by atoms with Crippen LogP contribution in [0.2, 0.25) is 5.02 Å². The fourth-order valence-electron chi connectivity index (χ4n) is 2.39. The summed E-state index contributed by atoms with van der Waals surface area (Å²) in [5.41, 5.74) is 0.953. The van der Waals surface area contributed by atoms with Crippen molar-refractivity contribution in [3.63, 3.8) is 0 Å². The maximum Gasteiger partial charge on any atom is 0.409 e. The number of hydrogen-bond donors (Lipinski definition) is 1. The van der Waals surface area contributed by atoms with E-state index in [0.717, 1.165) is 18.4 Å². The Balaban J connectivity index is 1.76. The van der Waals surface area contributed by atoms with E-state index in [1.165, 1.54) is 6.07 Å². The summed E-state index contributed by atoms with van der Waals surface area (Å²) in [6, 6.07) is 5.09. The van der Waals surface area contributed by atoms with Crippen LogP contribution in [0.25, 0.3) is 0 Å². The second kappa shape index (κ2) is 7.61. The Bertz CT molecular complexity index is 491. The number of likely N-dealkylation sites (tertiary alicyclic amines) is 1. The zero-order chi connectivity index (χ0) is 15.2. The van der Waals surface area contributed by atoms with Crippen LogP contribution in [0.15, 0.2) is 18.2 Å². The first-order valence-corrected chi connectivity index (χ1v) is 7.57. The number of ether oxygens (including phenoxy) is 1. The Labute approximate surface area is 129 Å². The quantitative estimate of drug-likeness (QED) is 0.928. The second-order valence-electron chi connectivity index (χ2n) is 5.09. The number of nitrogens with zero attached hydrogens (tertiary/aromatic N) is 1. The van der Waals surface area contributed by atoms with Gasteiger partial charge in [0.2, 0.25) is 0 Å². The molecule has 0 radical (unpaired) electrons. The molecule has 21 heavy (non-hydrogen) atoms. The Morgan fingerprint density at radius 1 is 1.48 bits per heavy atom. The van der Waals surface area contributed by atoms with Gasteiger partial charge in [0.05, 0.1) is 11.6 Å². The number of halogens is 2. The van der Waals surface area contributed by atoms with E-state index in [1.807, 2.05) is 0 Å². The van der Waals surface area contributed by atoms with Gasteiger partial charge in [0.15, 0.2) is 0 Å². The van der Waals surface area contributed by atoms with Crippen LogP contribution >= 0.6 is 11.6 Å². The predicted molar refractivity (Wildman–Crippen MR) is 79.9 cm³/mol. The van der Waals surface area contributed by atoms with Gasteiger partial charge in [0, 0.05) is 25.7 Å². The van der Waals surface area contributed by atoms with E-state index in [9.17, 15) is 9.18 Å². The largest absolute Gasteiger partial charge is 0.450 e. The fourth-order valence-corrected chi connectivity index (χ4v) is 2.60. The van der Waals surface area contributed by atoms with Crippen molar-refractivity contribution in [1.82, 2.24) is 10.2 Å². The lowest BCUT2D eigenvalue weighted by molar-refractivity contribution is 0.0950. The van der Waals surface area contributed by atoms with E-state index >= 15 is 0 Å². The van der Waals surface area contributed by atoms with Gasteiger partial charge in [-0.05, 0) is 37.5 Å². The second-order valence-corrected chi connectivity index (χ2v) is 5.50. The summed E-state index contributed by atoms with van der Waals surface area (Å²) in [5, 5.41) is 3.56. The number of hydrogen-bond acceptors (Lipinski definition) is 3. The minimum absolute atomic E-state index is 0.145. The van der Waals surface area contributed by atoms with Gasteiger partial charge in [0.1, 0.15) is 5.82 Å². The molecule has 1 heterocycles. The van der Waals surface area contributed by atoms with Crippen LogP contribution in [0.1, 0.15) is 25.3 Å². The molecule has 2 rings (SSSR count). The molecule has 116 valence electrons. The third-order valence-corrected chi connectivity index (χ3v) is 3.89. The standard InChI is InChI=1S/C15H20ClFN2O2/c1-2-21-15(20)19-7-5-12(6-8-19)18-10-11-3-4-14(17)13(16)9-11/h3-4,9,12,18H,2,5-8,10H2,1H3. The molecule has 1 saturated heterocycles. The summed E-state index contributed by atoms with van der Waals surface area (Å²) >= 11 is 5.76. The summed E-state index contributed by atoms with van der Waals surface area (Å²) in [6.07, 6.45) is 1.53. The van der Waals surface area contributed by atoms with E-state index in [-0.39, 0.29) is 11.1 Å². The van der Waals surface area contributed by atoms with Crippen LogP contribution in [-0.4, -0.2) is 36.7 Å². The van der Waals surface area contributed by atoms with Crippen LogP contribution in [0.3, 0.4) is 0 Å². The summed E-state index contributed by atoms with van der Waals surface area (Å²) in [5.74, 6) is -0.400. The molecule has 0 atom stereocenters. The average molecular weight is 315 g/mol. The van der Waals surface area contributed by atoms with E-state index < -0.39 is 5.82 Å². The fraction of sp³-hybridized carbons (Fsp3) is 0.533. The molecule has 1 fully saturated rings. The first kappa shape index (κ1) is 16.0. The minimum Gasteiger partial charge on any atom is -0.450 e. The van der Waals surface area contributed by atoms with Gasteiger partial charge in [-0.3, -0.25) is 0 Å². The van der Waals surface area contributed by atoms with Crippen molar-refractivity contribution >= 4 is 17.7 Å². The lowest BCUT2D eigenvalue weighted by atomic mass is 10.0. The van der Waals surface area contributed by atoms with Crippen LogP contribution in [0.5, 0.6) is 0 Å². The molecule has 0 aliphatic carbocycles. The lowest BCUT2D eigenvalue weighted by Crippen LogP contribution is -2.44. The van der Waals surface area contributed by atoms with Crippen molar-refractivity contribution in [2.45, 2.75) is 32.4 Å². The normalized spacial score (nSPS) is 16.0. The van der Waals surface area contributed by atoms with Gasteiger partial charge in [-0.2, -0.15) is 0 Å². The number of rotatable bonds is 4. The third-order valence-electron chi connectivity index (χ3n) is 3.60. The van der Waals surface area contributed by atoms with Gasteiger partial charge in [0.25, 0.3) is 0 Å². The van der Waals surface area contributed by atoms with Crippen LogP contribution in [0.4, 0.5) is 9.18 Å². The molecule has 0 bridgehead atoms. The van der Waals surface area contributed by atoms with Gasteiger partial charge in [-0.1, -0.05) is 17.7 Å². The summed E-state index contributed by atoms with van der Waals surface area (Å²) in [7, 11) is 0. The highest BCUT2D eigenvalue weighted by atomic mass is 35.5. The van der Waals surface area contributed by atoms with Gasteiger partial charge < -0.3 is 15.0 Å². The molecule has 1 aromatic carbocycles. The molecule has 0 unspecified atom stereocenters. The van der Waals surface area contributed by atoms with Crippen LogP contribution < -0.4 is 5.32 Å². The first-order valence-electron chi connectivity index (χ1n) is 7.19. The van der Waals surface area contributed by atoms with Crippen LogP contribution in [-0.2, 0) is 11.3 Å². The molecule has 0 spiro atoms. The molecule has 0 saturated carbocycles. The monoisotopic (exact) mass is 314 g/mol. The van der Waals surface area contributed by atoms with Crippen molar-refractivity contribution in [1.29, 1.82) is 0 Å². The molecular formula is C15H20ClFN2O2. The van der Waals surface area contributed by atoms with Gasteiger partial charge in [-0.25, -0.2) is 9.18 Å². The average Bonchev–Trinajstić information content (AvgIpc) is 2.49. The number of piperidine rings is 1. The summed E-state index contributed by atoms with van der Waals surface area (Å²) < 4.78 is 18.1. The zero-order valence-electron chi connectivity index (χ0n) is 12.1. The van der Waals surface area contributed by atoms with E-state index in [4.69, 9.17) is 16.3 Å². The number of nitrogens with one attached hydrogen (secondary N) is 1. The van der Waals surface area contributed by atoms with Crippen molar-refractivity contribution in [2.75, 3.05) is 19.7 Å². The smallest absolute Gasteiger partial charge is 0.409 e. The molecule has 0 aromatic heterocycles. The first-order chi connectivity index (χ1) is 10.1. The Kier molecular flexibility index (Phi) is 5.82. The van der Waals surface area contributed by atoms with Crippen LogP contribution in [0, 0.1) is 5.82 Å². The number of carbonyl (C=O) groups excluding carboxylic acids is 1. The maximum absolute atomic E-state index is 13.1.